The number of alkyl halides is 2. The molecule has 4 heterocycles. The first kappa shape index (κ1) is 22.5. The molecule has 3 aliphatic rings. The molecule has 0 bridgehead atoms. The number of rotatable bonds is 7. The molecule has 0 amide bonds. The molecule has 3 aromatic rings. The van der Waals surface area contributed by atoms with Crippen LogP contribution in [0.25, 0.3) is 10.9 Å². The van der Waals surface area contributed by atoms with Crippen LogP contribution >= 0.6 is 0 Å². The molecule has 1 spiro atoms. The fraction of sp³-hybridized carbons (Fsp3) is 0.500. The number of ether oxygens (including phenoxy) is 2. The Kier molecular flexibility index (Phi) is 5.37. The normalized spacial score (nSPS) is 20.3. The molecule has 9 heteroatoms. The number of benzene rings is 1. The second kappa shape index (κ2) is 8.34. The van der Waals surface area contributed by atoms with Crippen molar-refractivity contribution in [3.05, 3.63) is 53.3 Å². The van der Waals surface area contributed by atoms with E-state index in [1.54, 1.807) is 6.07 Å². The maximum Gasteiger partial charge on any atom is 0.383 e. The van der Waals surface area contributed by atoms with Crippen LogP contribution in [-0.4, -0.2) is 47.6 Å². The van der Waals surface area contributed by atoms with E-state index in [0.717, 1.165) is 55.0 Å². The average molecular weight is 482 g/mol. The molecule has 2 saturated heterocycles. The molecule has 0 unspecified atom stereocenters. The molecule has 2 aromatic heterocycles. The summed E-state index contributed by atoms with van der Waals surface area (Å²) in [6.45, 7) is 7.38. The van der Waals surface area contributed by atoms with E-state index in [4.69, 9.17) is 14.5 Å². The summed E-state index contributed by atoms with van der Waals surface area (Å²) in [6.07, 6.45) is 0.747. The van der Waals surface area contributed by atoms with Gasteiger partial charge in [0.1, 0.15) is 0 Å². The molecule has 1 aliphatic carbocycles. The van der Waals surface area contributed by atoms with E-state index in [9.17, 15) is 8.78 Å². The average Bonchev–Trinajstić information content (AvgIpc) is 3.51. The Morgan fingerprint density at radius 3 is 2.77 bits per heavy atom. The Morgan fingerprint density at radius 1 is 1.23 bits per heavy atom. The van der Waals surface area contributed by atoms with Gasteiger partial charge in [-0.3, -0.25) is 4.98 Å². The monoisotopic (exact) mass is 481 g/mol. The Balaban J connectivity index is 1.27. The van der Waals surface area contributed by atoms with E-state index in [1.165, 1.54) is 12.1 Å². The number of anilines is 2. The molecule has 2 aliphatic heterocycles. The van der Waals surface area contributed by atoms with Crippen LogP contribution < -0.4 is 10.2 Å². The predicted octanol–water partition coefficient (Wildman–Crippen LogP) is 4.96. The van der Waals surface area contributed by atoms with Crippen LogP contribution in [0.5, 0.6) is 0 Å². The zero-order chi connectivity index (χ0) is 24.2. The molecular formula is C26H29F2N5O2. The number of nitrogens with one attached hydrogen (secondary N) is 1. The number of fused-ring (bicyclic) bond motifs is 1. The number of nitrogens with zero attached hydrogens (tertiary/aromatic N) is 4. The Hall–Kier alpha value is -2.91. The van der Waals surface area contributed by atoms with E-state index in [1.807, 2.05) is 26.1 Å². The minimum absolute atomic E-state index is 0.137. The highest BCUT2D eigenvalue weighted by molar-refractivity contribution is 5.92. The highest BCUT2D eigenvalue weighted by Crippen LogP contribution is 2.41. The molecule has 7 nitrogen and oxygen atoms in total. The van der Waals surface area contributed by atoms with E-state index >= 15 is 0 Å². The molecule has 0 radical (unpaired) electrons. The molecule has 1 aromatic carbocycles. The van der Waals surface area contributed by atoms with Gasteiger partial charge in [0.15, 0.2) is 5.82 Å². The SMILES string of the molecule is Cc1nnc(N[C@H](C)c2cccc(C(F)(F)OC3CC3)c2)c2cc(N3CCC4(COC4)C3)cnc12. The topological polar surface area (TPSA) is 72.4 Å². The molecule has 3 fully saturated rings. The largest absolute Gasteiger partial charge is 0.383 e. The van der Waals surface area contributed by atoms with Crippen molar-refractivity contribution in [2.45, 2.75) is 51.4 Å². The van der Waals surface area contributed by atoms with Crippen molar-refractivity contribution in [2.24, 2.45) is 5.41 Å². The van der Waals surface area contributed by atoms with Crippen molar-refractivity contribution in [3.8, 4) is 0 Å². The summed E-state index contributed by atoms with van der Waals surface area (Å²) in [7, 11) is 0. The van der Waals surface area contributed by atoms with Crippen LogP contribution in [0.4, 0.5) is 20.3 Å². The number of pyridine rings is 1. The molecule has 35 heavy (non-hydrogen) atoms. The molecule has 6 rings (SSSR count). The third kappa shape index (κ3) is 4.31. The summed E-state index contributed by atoms with van der Waals surface area (Å²) in [5.74, 6) is 0.583. The van der Waals surface area contributed by atoms with E-state index in [0.29, 0.717) is 24.2 Å². The van der Waals surface area contributed by atoms with Gasteiger partial charge in [0.05, 0.1) is 54.0 Å². The van der Waals surface area contributed by atoms with Gasteiger partial charge < -0.3 is 19.7 Å². The van der Waals surface area contributed by atoms with Gasteiger partial charge in [-0.1, -0.05) is 18.2 Å². The second-order valence-electron chi connectivity index (χ2n) is 10.2. The van der Waals surface area contributed by atoms with Crippen LogP contribution in [0.2, 0.25) is 0 Å². The van der Waals surface area contributed by atoms with Gasteiger partial charge in [-0.25, -0.2) is 0 Å². The highest BCUT2D eigenvalue weighted by atomic mass is 19.3. The van der Waals surface area contributed by atoms with Crippen molar-refractivity contribution < 1.29 is 18.3 Å². The smallest absolute Gasteiger partial charge is 0.380 e. The Morgan fingerprint density at radius 2 is 2.06 bits per heavy atom. The van der Waals surface area contributed by atoms with E-state index < -0.39 is 6.11 Å². The van der Waals surface area contributed by atoms with Crippen molar-refractivity contribution in [3.63, 3.8) is 0 Å². The summed E-state index contributed by atoms with van der Waals surface area (Å²) < 4.78 is 39.5. The first-order valence-corrected chi connectivity index (χ1v) is 12.2. The third-order valence-corrected chi connectivity index (χ3v) is 7.31. The quantitative estimate of drug-likeness (QED) is 0.511. The van der Waals surface area contributed by atoms with Gasteiger partial charge in [0.2, 0.25) is 0 Å². The fourth-order valence-electron chi connectivity index (χ4n) is 4.95. The van der Waals surface area contributed by atoms with Gasteiger partial charge in [-0.2, -0.15) is 13.9 Å². The lowest BCUT2D eigenvalue weighted by Gasteiger charge is -2.37. The lowest BCUT2D eigenvalue weighted by Crippen LogP contribution is -2.44. The van der Waals surface area contributed by atoms with Crippen molar-refractivity contribution >= 4 is 22.4 Å². The van der Waals surface area contributed by atoms with Gasteiger partial charge in [-0.05, 0) is 50.8 Å². The van der Waals surface area contributed by atoms with Crippen LogP contribution in [-0.2, 0) is 15.6 Å². The minimum Gasteiger partial charge on any atom is -0.380 e. The summed E-state index contributed by atoms with van der Waals surface area (Å²) in [5.41, 5.74) is 3.41. The van der Waals surface area contributed by atoms with Crippen LogP contribution in [0.3, 0.4) is 0 Å². The molecule has 184 valence electrons. The number of aromatic nitrogens is 3. The second-order valence-corrected chi connectivity index (χ2v) is 10.2. The molecule has 1 N–H and O–H groups in total. The van der Waals surface area contributed by atoms with Gasteiger partial charge >= 0.3 is 6.11 Å². The minimum atomic E-state index is -3.30. The number of halogens is 2. The predicted molar refractivity (Wildman–Crippen MR) is 129 cm³/mol. The van der Waals surface area contributed by atoms with Crippen molar-refractivity contribution in [1.29, 1.82) is 0 Å². The van der Waals surface area contributed by atoms with Crippen LogP contribution in [0.15, 0.2) is 36.5 Å². The Bertz CT molecular complexity index is 1260. The number of aryl methyl sites for hydroxylation is 1. The fourth-order valence-corrected chi connectivity index (χ4v) is 4.95. The zero-order valence-corrected chi connectivity index (χ0v) is 19.9. The van der Waals surface area contributed by atoms with Gasteiger partial charge in [0, 0.05) is 23.9 Å². The Labute approximate surface area is 202 Å². The van der Waals surface area contributed by atoms with Crippen molar-refractivity contribution in [2.75, 3.05) is 36.5 Å². The lowest BCUT2D eigenvalue weighted by atomic mass is 9.85. The van der Waals surface area contributed by atoms with Crippen LogP contribution in [0.1, 0.15) is 49.0 Å². The van der Waals surface area contributed by atoms with Gasteiger partial charge in [-0.15, -0.1) is 5.10 Å². The maximum absolute atomic E-state index is 14.6. The lowest BCUT2D eigenvalue weighted by molar-refractivity contribution is -0.255. The molecule has 1 atom stereocenters. The molecular weight excluding hydrogens is 452 g/mol. The van der Waals surface area contributed by atoms with E-state index in [2.05, 4.69) is 26.5 Å². The zero-order valence-electron chi connectivity index (χ0n) is 19.9. The first-order valence-electron chi connectivity index (χ1n) is 12.2. The summed E-state index contributed by atoms with van der Waals surface area (Å²) in [6, 6.07) is 8.19. The maximum atomic E-state index is 14.6. The number of hydrogen-bond acceptors (Lipinski definition) is 7. The summed E-state index contributed by atoms with van der Waals surface area (Å²) >= 11 is 0. The van der Waals surface area contributed by atoms with Crippen molar-refractivity contribution in [1.82, 2.24) is 15.2 Å². The standard InChI is InChI=1S/C26H29F2N5O2/c1-16(18-4-3-5-19(10-18)26(27,28)35-21-6-7-21)30-24-22-11-20(12-29-23(22)17(2)31-32-24)33-9-8-25(13-33)14-34-15-25/h3-5,10-12,16,21H,6-9,13-15H2,1-2H3,(H,30,32)/t16-/m1/s1. The summed E-state index contributed by atoms with van der Waals surface area (Å²) in [5, 5.41) is 12.9. The number of hydrogen-bond donors (Lipinski definition) is 1. The van der Waals surface area contributed by atoms with E-state index in [-0.39, 0.29) is 23.1 Å². The van der Waals surface area contributed by atoms with Gasteiger partial charge in [0.25, 0.3) is 0 Å². The first-order chi connectivity index (χ1) is 16.8. The summed E-state index contributed by atoms with van der Waals surface area (Å²) in [4.78, 5) is 7.06. The van der Waals surface area contributed by atoms with Crippen LogP contribution in [0, 0.1) is 12.3 Å². The molecule has 1 saturated carbocycles. The highest BCUT2D eigenvalue weighted by Gasteiger charge is 2.44. The third-order valence-electron chi connectivity index (χ3n) is 7.31.